The molecule has 2 aliphatic rings. The highest BCUT2D eigenvalue weighted by Gasteiger charge is 2.33. The second kappa shape index (κ2) is 8.47. The zero-order chi connectivity index (χ0) is 20.4. The number of carbonyl (C=O) groups is 3. The van der Waals surface area contributed by atoms with Gasteiger partial charge in [0, 0.05) is 16.8 Å². The van der Waals surface area contributed by atoms with E-state index in [1.54, 1.807) is 19.9 Å². The highest BCUT2D eigenvalue weighted by Crippen LogP contribution is 2.41. The molecule has 2 aliphatic carbocycles. The van der Waals surface area contributed by atoms with Gasteiger partial charge in [-0.1, -0.05) is 19.1 Å². The minimum absolute atomic E-state index is 0.264. The summed E-state index contributed by atoms with van der Waals surface area (Å²) in [5.74, 6) is -3.08. The number of hydrogen-bond donors (Lipinski definition) is 1. The van der Waals surface area contributed by atoms with Gasteiger partial charge in [0.15, 0.2) is 0 Å². The van der Waals surface area contributed by atoms with Crippen molar-refractivity contribution in [1.82, 2.24) is 0 Å². The van der Waals surface area contributed by atoms with Crippen LogP contribution in [-0.2, 0) is 27.2 Å². The molecule has 3 rings (SSSR count). The van der Waals surface area contributed by atoms with Crippen LogP contribution in [0.3, 0.4) is 0 Å². The number of amides is 1. The number of ether oxygens (including phenoxy) is 1. The van der Waals surface area contributed by atoms with Gasteiger partial charge in [-0.15, -0.1) is 11.3 Å². The van der Waals surface area contributed by atoms with Crippen LogP contribution in [0.1, 0.15) is 60.8 Å². The predicted molar refractivity (Wildman–Crippen MR) is 105 cm³/mol. The fourth-order valence-corrected chi connectivity index (χ4v) is 5.30. The largest absolute Gasteiger partial charge is 0.550 e. The van der Waals surface area contributed by atoms with E-state index >= 15 is 0 Å². The van der Waals surface area contributed by atoms with Crippen molar-refractivity contribution in [2.24, 2.45) is 17.8 Å². The number of fused-ring (bicyclic) bond motifs is 1. The van der Waals surface area contributed by atoms with Crippen molar-refractivity contribution in [1.29, 1.82) is 0 Å². The smallest absolute Gasteiger partial charge is 0.341 e. The van der Waals surface area contributed by atoms with Gasteiger partial charge in [0.25, 0.3) is 0 Å². The number of hydrogen-bond acceptors (Lipinski definition) is 6. The van der Waals surface area contributed by atoms with Crippen LogP contribution in [0.15, 0.2) is 12.2 Å². The molecule has 0 bridgehead atoms. The summed E-state index contributed by atoms with van der Waals surface area (Å²) in [6, 6.07) is 0. The molecule has 1 amide bonds. The van der Waals surface area contributed by atoms with Crippen molar-refractivity contribution in [2.75, 3.05) is 5.32 Å². The first-order chi connectivity index (χ1) is 13.3. The highest BCUT2D eigenvalue weighted by molar-refractivity contribution is 7.17. The van der Waals surface area contributed by atoms with Gasteiger partial charge in [0.2, 0.25) is 5.91 Å². The fourth-order valence-electron chi connectivity index (χ4n) is 3.90. The van der Waals surface area contributed by atoms with Crippen LogP contribution >= 0.6 is 11.3 Å². The topological polar surface area (TPSA) is 95.5 Å². The Kier molecular flexibility index (Phi) is 6.23. The normalized spacial score (nSPS) is 23.9. The molecule has 152 valence electrons. The predicted octanol–water partition coefficient (Wildman–Crippen LogP) is 2.71. The number of thiophene rings is 1. The lowest BCUT2D eigenvalue weighted by Gasteiger charge is -2.28. The summed E-state index contributed by atoms with van der Waals surface area (Å²) in [6.07, 6.45) is 6.57. The van der Waals surface area contributed by atoms with Crippen molar-refractivity contribution in [3.8, 4) is 0 Å². The average molecular weight is 405 g/mol. The quantitative estimate of drug-likeness (QED) is 0.601. The van der Waals surface area contributed by atoms with Gasteiger partial charge >= 0.3 is 5.97 Å². The molecule has 7 heteroatoms. The second-order valence-corrected chi connectivity index (χ2v) is 9.08. The van der Waals surface area contributed by atoms with Crippen LogP contribution in [0.4, 0.5) is 5.00 Å². The SMILES string of the molecule is CC(C)OC(=O)c1c(NC(=O)[C@@H]2CC=CC[C@H]2C(=O)[O-])sc2c1CC[C@H](C)C2. The van der Waals surface area contributed by atoms with Crippen LogP contribution < -0.4 is 10.4 Å². The van der Waals surface area contributed by atoms with E-state index in [-0.39, 0.29) is 18.4 Å². The summed E-state index contributed by atoms with van der Waals surface area (Å²) in [7, 11) is 0. The molecule has 0 fully saturated rings. The first-order valence-electron chi connectivity index (χ1n) is 9.80. The van der Waals surface area contributed by atoms with Gasteiger partial charge in [-0.2, -0.15) is 0 Å². The van der Waals surface area contributed by atoms with Crippen LogP contribution in [0.2, 0.25) is 0 Å². The van der Waals surface area contributed by atoms with Crippen LogP contribution in [0.5, 0.6) is 0 Å². The maximum Gasteiger partial charge on any atom is 0.341 e. The Morgan fingerprint density at radius 1 is 1.21 bits per heavy atom. The number of rotatable bonds is 5. The lowest BCUT2D eigenvalue weighted by Crippen LogP contribution is -2.41. The van der Waals surface area contributed by atoms with Gasteiger partial charge in [-0.05, 0) is 57.4 Å². The third-order valence-corrected chi connectivity index (χ3v) is 6.54. The molecule has 0 unspecified atom stereocenters. The van der Waals surface area contributed by atoms with Gasteiger partial charge in [-0.25, -0.2) is 4.79 Å². The van der Waals surface area contributed by atoms with E-state index in [2.05, 4.69) is 12.2 Å². The Hall–Kier alpha value is -2.15. The van der Waals surface area contributed by atoms with Crippen molar-refractivity contribution < 1.29 is 24.2 Å². The maximum atomic E-state index is 12.9. The van der Waals surface area contributed by atoms with Crippen molar-refractivity contribution >= 4 is 34.2 Å². The highest BCUT2D eigenvalue weighted by atomic mass is 32.1. The molecular weight excluding hydrogens is 378 g/mol. The number of anilines is 1. The molecule has 1 N–H and O–H groups in total. The monoisotopic (exact) mass is 404 g/mol. The summed E-state index contributed by atoms with van der Waals surface area (Å²) in [5.41, 5.74) is 1.40. The zero-order valence-corrected chi connectivity index (χ0v) is 17.3. The van der Waals surface area contributed by atoms with E-state index in [0.717, 1.165) is 29.7 Å². The van der Waals surface area contributed by atoms with Crippen molar-refractivity contribution in [2.45, 2.75) is 59.0 Å². The summed E-state index contributed by atoms with van der Waals surface area (Å²) in [4.78, 5) is 38.1. The van der Waals surface area contributed by atoms with E-state index in [0.29, 0.717) is 22.9 Å². The van der Waals surface area contributed by atoms with Gasteiger partial charge in [-0.3, -0.25) is 4.79 Å². The summed E-state index contributed by atoms with van der Waals surface area (Å²) in [5, 5.41) is 14.7. The molecule has 3 atom stereocenters. The number of esters is 1. The second-order valence-electron chi connectivity index (χ2n) is 7.97. The number of aliphatic carboxylic acids is 1. The fraction of sp³-hybridized carbons (Fsp3) is 0.571. The van der Waals surface area contributed by atoms with Gasteiger partial charge in [0.1, 0.15) is 5.00 Å². The molecule has 0 aliphatic heterocycles. The van der Waals surface area contributed by atoms with Crippen LogP contribution in [-0.4, -0.2) is 23.9 Å². The minimum atomic E-state index is -1.22. The zero-order valence-electron chi connectivity index (χ0n) is 16.4. The Morgan fingerprint density at radius 3 is 2.54 bits per heavy atom. The van der Waals surface area contributed by atoms with Gasteiger partial charge < -0.3 is 20.0 Å². The molecule has 0 saturated carbocycles. The van der Waals surface area contributed by atoms with E-state index in [1.165, 1.54) is 11.3 Å². The average Bonchev–Trinajstić information content (AvgIpc) is 2.97. The van der Waals surface area contributed by atoms with Gasteiger partial charge in [0.05, 0.1) is 17.6 Å². The summed E-state index contributed by atoms with van der Waals surface area (Å²) < 4.78 is 5.42. The molecule has 0 saturated heterocycles. The third kappa shape index (κ3) is 4.29. The van der Waals surface area contributed by atoms with Crippen molar-refractivity contribution in [3.63, 3.8) is 0 Å². The van der Waals surface area contributed by atoms with E-state index in [9.17, 15) is 19.5 Å². The maximum absolute atomic E-state index is 12.9. The van der Waals surface area contributed by atoms with E-state index in [4.69, 9.17) is 4.74 Å². The van der Waals surface area contributed by atoms with Crippen LogP contribution in [0.25, 0.3) is 0 Å². The molecule has 6 nitrogen and oxygen atoms in total. The first-order valence-corrected chi connectivity index (χ1v) is 10.6. The Bertz CT molecular complexity index is 810. The van der Waals surface area contributed by atoms with Crippen LogP contribution in [0, 0.1) is 17.8 Å². The molecule has 1 heterocycles. The third-order valence-electron chi connectivity index (χ3n) is 5.37. The standard InChI is InChI=1S/C21H27NO5S/c1-11(2)27-21(26)17-15-9-8-12(3)10-16(15)28-19(17)22-18(23)13-6-4-5-7-14(13)20(24)25/h4-5,11-14H,6-10H2,1-3H3,(H,22,23)(H,24,25)/p-1/t12-,13+,14+/m0/s1. The molecule has 0 radical (unpaired) electrons. The molecule has 0 aromatic carbocycles. The molecule has 28 heavy (non-hydrogen) atoms. The first kappa shape index (κ1) is 20.6. The lowest BCUT2D eigenvalue weighted by atomic mass is 9.82. The number of carbonyl (C=O) groups excluding carboxylic acids is 3. The Morgan fingerprint density at radius 2 is 1.89 bits per heavy atom. The number of carboxylic acids is 1. The molecule has 0 spiro atoms. The summed E-state index contributed by atoms with van der Waals surface area (Å²) >= 11 is 1.41. The number of nitrogens with one attached hydrogen (secondary N) is 1. The molecule has 1 aromatic heterocycles. The number of carboxylic acid groups (broad SMARTS) is 1. The van der Waals surface area contributed by atoms with E-state index < -0.39 is 23.8 Å². The summed E-state index contributed by atoms with van der Waals surface area (Å²) in [6.45, 7) is 5.75. The lowest BCUT2D eigenvalue weighted by molar-refractivity contribution is -0.313. The van der Waals surface area contributed by atoms with Crippen molar-refractivity contribution in [3.05, 3.63) is 28.2 Å². The number of allylic oxidation sites excluding steroid dienone is 2. The minimum Gasteiger partial charge on any atom is -0.550 e. The Labute approximate surface area is 169 Å². The Balaban J connectivity index is 1.90. The molecule has 1 aromatic rings. The molecular formula is C21H26NO5S-. The van der Waals surface area contributed by atoms with E-state index in [1.807, 2.05) is 6.08 Å².